The predicted molar refractivity (Wildman–Crippen MR) is 79.3 cm³/mol. The summed E-state index contributed by atoms with van der Waals surface area (Å²) >= 11 is 0. The Kier molecular flexibility index (Phi) is 4.69. The summed E-state index contributed by atoms with van der Waals surface area (Å²) in [6, 6.07) is 11.1. The average Bonchev–Trinajstić information content (AvgIpc) is 2.95. The first-order valence-corrected chi connectivity index (χ1v) is 6.99. The van der Waals surface area contributed by atoms with Gasteiger partial charge in [-0.25, -0.2) is 0 Å². The van der Waals surface area contributed by atoms with Gasteiger partial charge < -0.3 is 5.73 Å². The number of rotatable bonds is 6. The minimum absolute atomic E-state index is 0.00870. The zero-order valence-electron chi connectivity index (χ0n) is 12.0. The molecule has 1 aromatic heterocycles. The third-order valence-electron chi connectivity index (χ3n) is 3.57. The van der Waals surface area contributed by atoms with E-state index in [1.54, 1.807) is 0 Å². The maximum Gasteiger partial charge on any atom is 0.160 e. The van der Waals surface area contributed by atoms with Crippen LogP contribution in [0.5, 0.6) is 0 Å². The van der Waals surface area contributed by atoms with Crippen molar-refractivity contribution in [3.05, 3.63) is 53.9 Å². The maximum absolute atomic E-state index is 12.2. The van der Waals surface area contributed by atoms with Crippen molar-refractivity contribution in [2.75, 3.05) is 0 Å². The largest absolute Gasteiger partial charge is 0.318 e. The third kappa shape index (κ3) is 3.33. The van der Waals surface area contributed by atoms with E-state index in [9.17, 15) is 4.79 Å². The second-order valence-electron chi connectivity index (χ2n) is 5.08. The summed E-state index contributed by atoms with van der Waals surface area (Å²) in [5, 5.41) is 4.44. The summed E-state index contributed by atoms with van der Waals surface area (Å²) in [6.45, 7) is 4.22. The Balaban J connectivity index is 2.03. The Bertz CT molecular complexity index is 562. The monoisotopic (exact) mass is 271 g/mol. The van der Waals surface area contributed by atoms with Crippen LogP contribution in [0.4, 0.5) is 0 Å². The van der Waals surface area contributed by atoms with E-state index < -0.39 is 6.04 Å². The van der Waals surface area contributed by atoms with Crippen molar-refractivity contribution in [3.8, 4) is 0 Å². The van der Waals surface area contributed by atoms with Gasteiger partial charge in [0.15, 0.2) is 5.78 Å². The fraction of sp³-hybridized carbons (Fsp3) is 0.375. The standard InChI is InChI=1S/C16H21N3O/c1-3-12(2)19-10-9-14(18-19)11-15(20)16(17)13-7-5-4-6-8-13/h4-10,12,16H,3,11,17H2,1-2H3/t12?,16-/m1/s1. The lowest BCUT2D eigenvalue weighted by atomic mass is 10.0. The lowest BCUT2D eigenvalue weighted by Crippen LogP contribution is -2.23. The van der Waals surface area contributed by atoms with E-state index in [2.05, 4.69) is 18.9 Å². The first kappa shape index (κ1) is 14.5. The van der Waals surface area contributed by atoms with Crippen LogP contribution in [0.3, 0.4) is 0 Å². The van der Waals surface area contributed by atoms with Crippen LogP contribution in [0, 0.1) is 0 Å². The number of Topliss-reactive ketones (excluding diaryl/α,β-unsaturated/α-hetero) is 1. The van der Waals surface area contributed by atoms with Gasteiger partial charge in [0.25, 0.3) is 0 Å². The quantitative estimate of drug-likeness (QED) is 0.878. The molecule has 0 aliphatic carbocycles. The van der Waals surface area contributed by atoms with E-state index in [4.69, 9.17) is 5.73 Å². The molecule has 0 bridgehead atoms. The zero-order chi connectivity index (χ0) is 14.5. The van der Waals surface area contributed by atoms with Crippen LogP contribution in [-0.4, -0.2) is 15.6 Å². The van der Waals surface area contributed by atoms with E-state index in [-0.39, 0.29) is 12.2 Å². The van der Waals surface area contributed by atoms with Gasteiger partial charge in [-0.15, -0.1) is 0 Å². The van der Waals surface area contributed by atoms with E-state index in [0.29, 0.717) is 6.04 Å². The van der Waals surface area contributed by atoms with Crippen LogP contribution >= 0.6 is 0 Å². The molecule has 2 atom stereocenters. The Hall–Kier alpha value is -1.94. The zero-order valence-corrected chi connectivity index (χ0v) is 12.0. The van der Waals surface area contributed by atoms with Crippen LogP contribution in [0.1, 0.15) is 43.6 Å². The van der Waals surface area contributed by atoms with E-state index in [0.717, 1.165) is 17.7 Å². The Morgan fingerprint density at radius 2 is 2.00 bits per heavy atom. The van der Waals surface area contributed by atoms with Crippen LogP contribution in [0.2, 0.25) is 0 Å². The number of hydrogen-bond donors (Lipinski definition) is 1. The molecule has 0 aliphatic heterocycles. The number of hydrogen-bond acceptors (Lipinski definition) is 3. The van der Waals surface area contributed by atoms with Crippen molar-refractivity contribution in [1.29, 1.82) is 0 Å². The first-order valence-electron chi connectivity index (χ1n) is 6.99. The Morgan fingerprint density at radius 1 is 1.30 bits per heavy atom. The van der Waals surface area contributed by atoms with Gasteiger partial charge in [0, 0.05) is 12.2 Å². The van der Waals surface area contributed by atoms with Crippen molar-refractivity contribution in [2.24, 2.45) is 5.73 Å². The molecule has 1 heterocycles. The molecule has 20 heavy (non-hydrogen) atoms. The molecule has 1 unspecified atom stereocenters. The molecular weight excluding hydrogens is 250 g/mol. The number of aromatic nitrogens is 2. The summed E-state index contributed by atoms with van der Waals surface area (Å²) < 4.78 is 1.90. The smallest absolute Gasteiger partial charge is 0.160 e. The molecule has 0 aliphatic rings. The van der Waals surface area contributed by atoms with Gasteiger partial charge in [-0.05, 0) is 25.0 Å². The molecule has 106 valence electrons. The summed E-state index contributed by atoms with van der Waals surface area (Å²) in [5.74, 6) is -0.00870. The molecule has 4 heteroatoms. The van der Waals surface area contributed by atoms with Crippen molar-refractivity contribution in [2.45, 2.75) is 38.8 Å². The van der Waals surface area contributed by atoms with Crippen molar-refractivity contribution < 1.29 is 4.79 Å². The van der Waals surface area contributed by atoms with Crippen molar-refractivity contribution in [3.63, 3.8) is 0 Å². The molecule has 0 radical (unpaired) electrons. The summed E-state index contributed by atoms with van der Waals surface area (Å²) in [6.07, 6.45) is 3.21. The van der Waals surface area contributed by atoms with Gasteiger partial charge in [-0.3, -0.25) is 9.48 Å². The van der Waals surface area contributed by atoms with Crippen LogP contribution in [-0.2, 0) is 11.2 Å². The van der Waals surface area contributed by atoms with Gasteiger partial charge in [-0.2, -0.15) is 5.10 Å². The summed E-state index contributed by atoms with van der Waals surface area (Å²) in [4.78, 5) is 12.2. The number of nitrogens with zero attached hydrogens (tertiary/aromatic N) is 2. The van der Waals surface area contributed by atoms with Crippen molar-refractivity contribution in [1.82, 2.24) is 9.78 Å². The molecular formula is C16H21N3O. The van der Waals surface area contributed by atoms with Gasteiger partial charge in [-0.1, -0.05) is 37.3 Å². The lowest BCUT2D eigenvalue weighted by molar-refractivity contribution is -0.119. The van der Waals surface area contributed by atoms with E-state index >= 15 is 0 Å². The minimum Gasteiger partial charge on any atom is -0.318 e. The molecule has 0 amide bonds. The SMILES string of the molecule is CCC(C)n1ccc(CC(=O)[C@H](N)c2ccccc2)n1. The number of ketones is 1. The second kappa shape index (κ2) is 6.48. The number of carbonyl (C=O) groups is 1. The lowest BCUT2D eigenvalue weighted by Gasteiger charge is -2.10. The molecule has 0 spiro atoms. The summed E-state index contributed by atoms with van der Waals surface area (Å²) in [7, 11) is 0. The fourth-order valence-corrected chi connectivity index (χ4v) is 2.04. The predicted octanol–water partition coefficient (Wildman–Crippen LogP) is 2.67. The first-order chi connectivity index (χ1) is 9.61. The minimum atomic E-state index is -0.579. The summed E-state index contributed by atoms with van der Waals surface area (Å²) in [5.41, 5.74) is 7.62. The highest BCUT2D eigenvalue weighted by Gasteiger charge is 2.17. The highest BCUT2D eigenvalue weighted by atomic mass is 16.1. The molecule has 1 aromatic carbocycles. The van der Waals surface area contributed by atoms with Crippen LogP contribution < -0.4 is 5.73 Å². The molecule has 2 N–H and O–H groups in total. The molecule has 0 saturated carbocycles. The molecule has 0 fully saturated rings. The topological polar surface area (TPSA) is 60.9 Å². The molecule has 2 aromatic rings. The van der Waals surface area contributed by atoms with Gasteiger partial charge >= 0.3 is 0 Å². The number of benzene rings is 1. The normalized spacial score (nSPS) is 13.9. The highest BCUT2D eigenvalue weighted by molar-refractivity contribution is 5.86. The van der Waals surface area contributed by atoms with E-state index in [1.165, 1.54) is 0 Å². The van der Waals surface area contributed by atoms with Crippen LogP contribution in [0.15, 0.2) is 42.6 Å². The number of carbonyl (C=O) groups excluding carboxylic acids is 1. The molecule has 0 saturated heterocycles. The molecule has 2 rings (SSSR count). The second-order valence-corrected chi connectivity index (χ2v) is 5.08. The average molecular weight is 271 g/mol. The number of nitrogens with two attached hydrogens (primary N) is 1. The Labute approximate surface area is 119 Å². The maximum atomic E-state index is 12.2. The van der Waals surface area contributed by atoms with Gasteiger partial charge in [0.1, 0.15) is 0 Å². The van der Waals surface area contributed by atoms with Gasteiger partial charge in [0.05, 0.1) is 18.2 Å². The highest BCUT2D eigenvalue weighted by Crippen LogP contribution is 2.14. The van der Waals surface area contributed by atoms with Crippen molar-refractivity contribution >= 4 is 5.78 Å². The van der Waals surface area contributed by atoms with Crippen LogP contribution in [0.25, 0.3) is 0 Å². The third-order valence-corrected chi connectivity index (χ3v) is 3.57. The fourth-order valence-electron chi connectivity index (χ4n) is 2.04. The van der Waals surface area contributed by atoms with Gasteiger partial charge in [0.2, 0.25) is 0 Å². The Morgan fingerprint density at radius 3 is 2.65 bits per heavy atom. The van der Waals surface area contributed by atoms with E-state index in [1.807, 2.05) is 47.3 Å². The molecule has 4 nitrogen and oxygen atoms in total.